The lowest BCUT2D eigenvalue weighted by molar-refractivity contribution is 0.431. The summed E-state index contributed by atoms with van der Waals surface area (Å²) in [4.78, 5) is -0.885. The third kappa shape index (κ3) is 3.07. The van der Waals surface area contributed by atoms with Crippen LogP contribution in [0.3, 0.4) is 0 Å². The van der Waals surface area contributed by atoms with Gasteiger partial charge in [0.15, 0.2) is 17.5 Å². The Labute approximate surface area is 109 Å². The second-order valence-corrected chi connectivity index (χ2v) is 6.05. The van der Waals surface area contributed by atoms with E-state index >= 15 is 0 Å². The van der Waals surface area contributed by atoms with E-state index in [1.807, 2.05) is 0 Å². The van der Waals surface area contributed by atoms with E-state index in [9.17, 15) is 21.6 Å². The predicted octanol–water partition coefficient (Wildman–Crippen LogP) is 1.13. The Kier molecular flexibility index (Phi) is 4.12. The molecule has 0 aliphatic carbocycles. The van der Waals surface area contributed by atoms with Crippen molar-refractivity contribution in [1.82, 2.24) is 10.0 Å². The molecule has 0 aromatic heterocycles. The minimum atomic E-state index is -4.19. The summed E-state index contributed by atoms with van der Waals surface area (Å²) in [7, 11) is -4.19. The average Bonchev–Trinajstić information content (AvgIpc) is 2.86. The van der Waals surface area contributed by atoms with Gasteiger partial charge in [-0.1, -0.05) is 0 Å². The first-order valence-corrected chi connectivity index (χ1v) is 7.26. The standard InChI is InChI=1S/C11H13F3N2O2S/c12-8-3-4-9(11(14)10(8)13)19(17,18)16-6-7-2-1-5-15-7/h3-4,7,15-16H,1-2,5-6H2/t7-/m0/s1. The molecule has 2 N–H and O–H groups in total. The molecule has 1 saturated heterocycles. The molecule has 1 aromatic rings. The van der Waals surface area contributed by atoms with Crippen molar-refractivity contribution in [3.8, 4) is 0 Å². The zero-order valence-electron chi connectivity index (χ0n) is 9.92. The van der Waals surface area contributed by atoms with Crippen molar-refractivity contribution < 1.29 is 21.6 Å². The smallest absolute Gasteiger partial charge is 0.243 e. The highest BCUT2D eigenvalue weighted by molar-refractivity contribution is 7.89. The Balaban J connectivity index is 2.17. The first kappa shape index (κ1) is 14.3. The lowest BCUT2D eigenvalue weighted by Gasteiger charge is -2.12. The highest BCUT2D eigenvalue weighted by Crippen LogP contribution is 2.19. The molecule has 1 fully saturated rings. The molecule has 0 saturated carbocycles. The normalized spacial score (nSPS) is 19.8. The van der Waals surface area contributed by atoms with Gasteiger partial charge in [0.2, 0.25) is 10.0 Å². The number of rotatable bonds is 4. The summed E-state index contributed by atoms with van der Waals surface area (Å²) < 4.78 is 65.0. The molecule has 1 aliphatic heterocycles. The van der Waals surface area contributed by atoms with Crippen molar-refractivity contribution in [2.24, 2.45) is 0 Å². The van der Waals surface area contributed by atoms with E-state index in [1.165, 1.54) is 0 Å². The average molecular weight is 294 g/mol. The Morgan fingerprint density at radius 1 is 1.26 bits per heavy atom. The fourth-order valence-electron chi connectivity index (χ4n) is 1.93. The van der Waals surface area contributed by atoms with Crippen molar-refractivity contribution in [2.75, 3.05) is 13.1 Å². The number of nitrogens with one attached hydrogen (secondary N) is 2. The fraction of sp³-hybridized carbons (Fsp3) is 0.455. The van der Waals surface area contributed by atoms with Gasteiger partial charge in [0.1, 0.15) is 4.90 Å². The SMILES string of the molecule is O=S(=O)(NC[C@@H]1CCCN1)c1ccc(F)c(F)c1F. The first-order valence-electron chi connectivity index (χ1n) is 5.78. The second-order valence-electron chi connectivity index (χ2n) is 4.32. The molecule has 19 heavy (non-hydrogen) atoms. The molecule has 0 unspecified atom stereocenters. The molecule has 0 amide bonds. The fourth-order valence-corrected chi connectivity index (χ4v) is 3.08. The second kappa shape index (κ2) is 5.48. The zero-order chi connectivity index (χ0) is 14.0. The maximum absolute atomic E-state index is 13.4. The van der Waals surface area contributed by atoms with Crippen LogP contribution in [0.25, 0.3) is 0 Å². The highest BCUT2D eigenvalue weighted by atomic mass is 32.2. The van der Waals surface area contributed by atoms with Gasteiger partial charge >= 0.3 is 0 Å². The van der Waals surface area contributed by atoms with E-state index in [0.29, 0.717) is 12.1 Å². The third-order valence-corrected chi connectivity index (χ3v) is 4.41. The molecular weight excluding hydrogens is 281 g/mol. The highest BCUT2D eigenvalue weighted by Gasteiger charge is 2.25. The van der Waals surface area contributed by atoms with Crippen molar-refractivity contribution in [3.05, 3.63) is 29.6 Å². The summed E-state index contributed by atoms with van der Waals surface area (Å²) in [5.41, 5.74) is 0. The van der Waals surface area contributed by atoms with Gasteiger partial charge in [0.05, 0.1) is 0 Å². The number of benzene rings is 1. The molecule has 106 valence electrons. The van der Waals surface area contributed by atoms with Crippen LogP contribution in [0, 0.1) is 17.5 Å². The van der Waals surface area contributed by atoms with Crippen LogP contribution < -0.4 is 10.0 Å². The number of hydrogen-bond acceptors (Lipinski definition) is 3. The minimum Gasteiger partial charge on any atom is -0.313 e. The van der Waals surface area contributed by atoms with Crippen LogP contribution in [-0.4, -0.2) is 27.5 Å². The van der Waals surface area contributed by atoms with Gasteiger partial charge in [0.25, 0.3) is 0 Å². The Bertz CT molecular complexity index is 572. The van der Waals surface area contributed by atoms with Crippen molar-refractivity contribution in [2.45, 2.75) is 23.8 Å². The van der Waals surface area contributed by atoms with E-state index in [2.05, 4.69) is 10.0 Å². The van der Waals surface area contributed by atoms with Crippen LogP contribution in [0.15, 0.2) is 17.0 Å². The summed E-state index contributed by atoms with van der Waals surface area (Å²) in [6.07, 6.45) is 1.74. The van der Waals surface area contributed by atoms with Gasteiger partial charge in [-0.05, 0) is 31.5 Å². The summed E-state index contributed by atoms with van der Waals surface area (Å²) in [5.74, 6) is -4.91. The Morgan fingerprint density at radius 3 is 2.63 bits per heavy atom. The van der Waals surface area contributed by atoms with Crippen LogP contribution in [0.1, 0.15) is 12.8 Å². The zero-order valence-corrected chi connectivity index (χ0v) is 10.7. The van der Waals surface area contributed by atoms with Crippen LogP contribution in [0.4, 0.5) is 13.2 Å². The number of hydrogen-bond donors (Lipinski definition) is 2. The van der Waals surface area contributed by atoms with Gasteiger partial charge in [-0.25, -0.2) is 26.3 Å². The molecule has 0 bridgehead atoms. The van der Waals surface area contributed by atoms with Crippen molar-refractivity contribution >= 4 is 10.0 Å². The summed E-state index contributed by atoms with van der Waals surface area (Å²) in [6.45, 7) is 0.882. The lowest BCUT2D eigenvalue weighted by Crippen LogP contribution is -2.37. The van der Waals surface area contributed by atoms with Gasteiger partial charge in [0, 0.05) is 12.6 Å². The van der Waals surface area contributed by atoms with Gasteiger partial charge in [-0.2, -0.15) is 0 Å². The number of sulfonamides is 1. The molecule has 1 aliphatic rings. The van der Waals surface area contributed by atoms with E-state index in [1.54, 1.807) is 0 Å². The van der Waals surface area contributed by atoms with Gasteiger partial charge < -0.3 is 5.32 Å². The van der Waals surface area contributed by atoms with Crippen molar-refractivity contribution in [3.63, 3.8) is 0 Å². The van der Waals surface area contributed by atoms with E-state index in [4.69, 9.17) is 0 Å². The summed E-state index contributed by atoms with van der Waals surface area (Å²) >= 11 is 0. The topological polar surface area (TPSA) is 58.2 Å². The molecule has 1 heterocycles. The largest absolute Gasteiger partial charge is 0.313 e. The van der Waals surface area contributed by atoms with E-state index in [-0.39, 0.29) is 12.6 Å². The van der Waals surface area contributed by atoms with Gasteiger partial charge in [-0.15, -0.1) is 0 Å². The predicted molar refractivity (Wildman–Crippen MR) is 62.5 cm³/mol. The molecule has 8 heteroatoms. The molecule has 0 radical (unpaired) electrons. The molecule has 4 nitrogen and oxygen atoms in total. The van der Waals surface area contributed by atoms with Crippen LogP contribution in [-0.2, 0) is 10.0 Å². The summed E-state index contributed by atoms with van der Waals surface area (Å²) in [5, 5.41) is 3.06. The monoisotopic (exact) mass is 294 g/mol. The molecular formula is C11H13F3N2O2S. The third-order valence-electron chi connectivity index (χ3n) is 2.97. The minimum absolute atomic E-state index is 0.0249. The summed E-state index contributed by atoms with van der Waals surface area (Å²) in [6, 6.07) is 1.27. The molecule has 1 aromatic carbocycles. The number of halogens is 3. The molecule has 1 atom stereocenters. The van der Waals surface area contributed by atoms with Gasteiger partial charge in [-0.3, -0.25) is 0 Å². The van der Waals surface area contributed by atoms with E-state index < -0.39 is 32.4 Å². The maximum atomic E-state index is 13.4. The quantitative estimate of drug-likeness (QED) is 0.819. The maximum Gasteiger partial charge on any atom is 0.243 e. The molecule has 2 rings (SSSR count). The molecule has 0 spiro atoms. The first-order chi connectivity index (χ1) is 8.92. The van der Waals surface area contributed by atoms with Crippen LogP contribution in [0.2, 0.25) is 0 Å². The lowest BCUT2D eigenvalue weighted by atomic mass is 10.2. The Morgan fingerprint density at radius 2 is 2.00 bits per heavy atom. The van der Waals surface area contributed by atoms with E-state index in [0.717, 1.165) is 19.4 Å². The van der Waals surface area contributed by atoms with Crippen LogP contribution >= 0.6 is 0 Å². The van der Waals surface area contributed by atoms with Crippen molar-refractivity contribution in [1.29, 1.82) is 0 Å². The van der Waals surface area contributed by atoms with Crippen LogP contribution in [0.5, 0.6) is 0 Å². The Hall–Kier alpha value is -1.12.